The fourth-order valence-electron chi connectivity index (χ4n) is 1.32. The molecule has 0 aliphatic rings. The van der Waals surface area contributed by atoms with Crippen molar-refractivity contribution in [3.8, 4) is 0 Å². The highest BCUT2D eigenvalue weighted by Crippen LogP contribution is 2.08. The van der Waals surface area contributed by atoms with Gasteiger partial charge in [-0.25, -0.2) is 0 Å². The first-order valence-electron chi connectivity index (χ1n) is 4.52. The average molecular weight is 197 g/mol. The van der Waals surface area contributed by atoms with E-state index in [1.54, 1.807) is 19.1 Å². The van der Waals surface area contributed by atoms with Gasteiger partial charge in [0.15, 0.2) is 12.0 Å². The maximum Gasteiger partial charge on any atom is 0.185 e. The SMILES string of the molecule is CC(O)CN(C)Cc1ccc(C=O)o1. The first kappa shape index (κ1) is 10.9. The third-order valence-electron chi connectivity index (χ3n) is 1.80. The molecule has 4 nitrogen and oxygen atoms in total. The normalized spacial score (nSPS) is 13.1. The molecule has 1 heterocycles. The molecule has 1 N–H and O–H groups in total. The van der Waals surface area contributed by atoms with E-state index < -0.39 is 0 Å². The molecule has 0 aliphatic carbocycles. The van der Waals surface area contributed by atoms with Crippen LogP contribution in [-0.2, 0) is 6.54 Å². The zero-order valence-electron chi connectivity index (χ0n) is 8.43. The van der Waals surface area contributed by atoms with Gasteiger partial charge in [0.2, 0.25) is 0 Å². The summed E-state index contributed by atoms with van der Waals surface area (Å²) in [6.45, 7) is 2.91. The van der Waals surface area contributed by atoms with Crippen LogP contribution in [-0.4, -0.2) is 36.0 Å². The first-order valence-corrected chi connectivity index (χ1v) is 4.52. The van der Waals surface area contributed by atoms with Gasteiger partial charge in [0.05, 0.1) is 12.6 Å². The van der Waals surface area contributed by atoms with Crippen LogP contribution < -0.4 is 0 Å². The number of rotatable bonds is 5. The van der Waals surface area contributed by atoms with Crippen LogP contribution in [0.15, 0.2) is 16.5 Å². The van der Waals surface area contributed by atoms with E-state index in [1.807, 2.05) is 11.9 Å². The van der Waals surface area contributed by atoms with E-state index in [1.165, 1.54) is 0 Å². The van der Waals surface area contributed by atoms with E-state index in [-0.39, 0.29) is 6.10 Å². The van der Waals surface area contributed by atoms with E-state index in [4.69, 9.17) is 9.52 Å². The Morgan fingerprint density at radius 3 is 2.86 bits per heavy atom. The molecule has 1 aromatic rings. The Labute approximate surface area is 83.1 Å². The van der Waals surface area contributed by atoms with Gasteiger partial charge in [0.25, 0.3) is 0 Å². The fourth-order valence-corrected chi connectivity index (χ4v) is 1.32. The van der Waals surface area contributed by atoms with Gasteiger partial charge < -0.3 is 9.52 Å². The van der Waals surface area contributed by atoms with Crippen molar-refractivity contribution in [2.24, 2.45) is 0 Å². The molecule has 1 atom stereocenters. The molecule has 0 fully saturated rings. The molecule has 1 rings (SSSR count). The van der Waals surface area contributed by atoms with Gasteiger partial charge in [-0.3, -0.25) is 9.69 Å². The van der Waals surface area contributed by atoms with Crippen molar-refractivity contribution in [2.45, 2.75) is 19.6 Å². The number of likely N-dealkylation sites (N-methyl/N-ethyl adjacent to an activating group) is 1. The van der Waals surface area contributed by atoms with Crippen molar-refractivity contribution in [2.75, 3.05) is 13.6 Å². The van der Waals surface area contributed by atoms with Gasteiger partial charge in [-0.15, -0.1) is 0 Å². The Balaban J connectivity index is 2.47. The number of furan rings is 1. The monoisotopic (exact) mass is 197 g/mol. The van der Waals surface area contributed by atoms with Crippen LogP contribution in [0.2, 0.25) is 0 Å². The predicted molar refractivity (Wildman–Crippen MR) is 52.1 cm³/mol. The molecule has 0 saturated heterocycles. The molecule has 0 amide bonds. The van der Waals surface area contributed by atoms with Crippen LogP contribution in [0.4, 0.5) is 0 Å². The lowest BCUT2D eigenvalue weighted by atomic mass is 10.3. The summed E-state index contributed by atoms with van der Waals surface area (Å²) >= 11 is 0. The number of hydrogen-bond acceptors (Lipinski definition) is 4. The van der Waals surface area contributed by atoms with Gasteiger partial charge in [-0.05, 0) is 26.1 Å². The Bertz CT molecular complexity index is 293. The maximum atomic E-state index is 10.3. The number of carbonyl (C=O) groups is 1. The van der Waals surface area contributed by atoms with Crippen LogP contribution in [0.5, 0.6) is 0 Å². The molecule has 1 unspecified atom stereocenters. The smallest absolute Gasteiger partial charge is 0.185 e. The third-order valence-corrected chi connectivity index (χ3v) is 1.80. The zero-order chi connectivity index (χ0) is 10.6. The summed E-state index contributed by atoms with van der Waals surface area (Å²) in [5.74, 6) is 1.07. The predicted octanol–water partition coefficient (Wildman–Crippen LogP) is 0.905. The van der Waals surface area contributed by atoms with Crippen LogP contribution in [0.1, 0.15) is 23.2 Å². The van der Waals surface area contributed by atoms with E-state index in [2.05, 4.69) is 0 Å². The highest BCUT2D eigenvalue weighted by molar-refractivity contribution is 5.70. The number of carbonyl (C=O) groups excluding carboxylic acids is 1. The van der Waals surface area contributed by atoms with Crippen molar-refractivity contribution in [1.29, 1.82) is 0 Å². The van der Waals surface area contributed by atoms with Crippen molar-refractivity contribution >= 4 is 6.29 Å². The standard InChI is InChI=1S/C10H15NO3/c1-8(13)5-11(2)6-9-3-4-10(7-12)14-9/h3-4,7-8,13H,5-6H2,1-2H3. The van der Waals surface area contributed by atoms with Gasteiger partial charge >= 0.3 is 0 Å². The van der Waals surface area contributed by atoms with Crippen molar-refractivity contribution in [3.05, 3.63) is 23.7 Å². The fraction of sp³-hybridized carbons (Fsp3) is 0.500. The van der Waals surface area contributed by atoms with Crippen LogP contribution >= 0.6 is 0 Å². The summed E-state index contributed by atoms with van der Waals surface area (Å²) in [5, 5.41) is 9.12. The van der Waals surface area contributed by atoms with Gasteiger partial charge in [-0.1, -0.05) is 0 Å². The topological polar surface area (TPSA) is 53.7 Å². The van der Waals surface area contributed by atoms with Crippen molar-refractivity contribution in [3.63, 3.8) is 0 Å². The average Bonchev–Trinajstić information content (AvgIpc) is 2.50. The maximum absolute atomic E-state index is 10.3. The lowest BCUT2D eigenvalue weighted by Gasteiger charge is -2.16. The third kappa shape index (κ3) is 3.32. The van der Waals surface area contributed by atoms with Crippen LogP contribution in [0.25, 0.3) is 0 Å². The number of nitrogens with zero attached hydrogens (tertiary/aromatic N) is 1. The quantitative estimate of drug-likeness (QED) is 0.713. The minimum atomic E-state index is -0.361. The number of aliphatic hydroxyl groups excluding tert-OH is 1. The highest BCUT2D eigenvalue weighted by Gasteiger charge is 2.06. The first-order chi connectivity index (χ1) is 6.61. The molecular formula is C10H15NO3. The van der Waals surface area contributed by atoms with Crippen molar-refractivity contribution < 1.29 is 14.3 Å². The molecule has 78 valence electrons. The Kier molecular flexibility index (Phi) is 3.85. The molecule has 0 aliphatic heterocycles. The molecule has 4 heteroatoms. The minimum absolute atomic E-state index is 0.338. The Hall–Kier alpha value is -1.13. The second-order valence-electron chi connectivity index (χ2n) is 3.47. The number of hydrogen-bond donors (Lipinski definition) is 1. The Morgan fingerprint density at radius 2 is 2.36 bits per heavy atom. The van der Waals surface area contributed by atoms with E-state index in [0.29, 0.717) is 25.1 Å². The molecule has 0 spiro atoms. The van der Waals surface area contributed by atoms with Crippen LogP contribution in [0, 0.1) is 0 Å². The minimum Gasteiger partial charge on any atom is -0.457 e. The Morgan fingerprint density at radius 1 is 1.64 bits per heavy atom. The van der Waals surface area contributed by atoms with E-state index in [9.17, 15) is 4.79 Å². The summed E-state index contributed by atoms with van der Waals surface area (Å²) in [6, 6.07) is 3.40. The molecule has 0 bridgehead atoms. The highest BCUT2D eigenvalue weighted by atomic mass is 16.3. The zero-order valence-corrected chi connectivity index (χ0v) is 8.43. The summed E-state index contributed by atoms with van der Waals surface area (Å²) in [4.78, 5) is 12.3. The summed E-state index contributed by atoms with van der Waals surface area (Å²) in [7, 11) is 1.88. The van der Waals surface area contributed by atoms with Crippen molar-refractivity contribution in [1.82, 2.24) is 4.90 Å². The van der Waals surface area contributed by atoms with E-state index in [0.717, 1.165) is 5.76 Å². The molecule has 1 aromatic heterocycles. The van der Waals surface area contributed by atoms with Crippen LogP contribution in [0.3, 0.4) is 0 Å². The van der Waals surface area contributed by atoms with E-state index >= 15 is 0 Å². The number of aliphatic hydroxyl groups is 1. The summed E-state index contributed by atoms with van der Waals surface area (Å²) in [5.41, 5.74) is 0. The second-order valence-corrected chi connectivity index (χ2v) is 3.47. The van der Waals surface area contributed by atoms with Gasteiger partial charge in [-0.2, -0.15) is 0 Å². The largest absolute Gasteiger partial charge is 0.457 e. The molecule has 0 aromatic carbocycles. The molecule has 14 heavy (non-hydrogen) atoms. The molecule has 0 radical (unpaired) electrons. The van der Waals surface area contributed by atoms with Gasteiger partial charge in [0.1, 0.15) is 5.76 Å². The summed E-state index contributed by atoms with van der Waals surface area (Å²) < 4.78 is 5.19. The van der Waals surface area contributed by atoms with Gasteiger partial charge in [0, 0.05) is 6.54 Å². The summed E-state index contributed by atoms with van der Waals surface area (Å²) in [6.07, 6.45) is 0.318. The lowest BCUT2D eigenvalue weighted by molar-refractivity contribution is 0.109. The molecular weight excluding hydrogens is 182 g/mol. The molecule has 0 saturated carbocycles. The second kappa shape index (κ2) is 4.93. The lowest BCUT2D eigenvalue weighted by Crippen LogP contribution is -2.26. The number of aldehydes is 1.